The summed E-state index contributed by atoms with van der Waals surface area (Å²) in [6.07, 6.45) is 1.06. The summed E-state index contributed by atoms with van der Waals surface area (Å²) in [5.41, 5.74) is 0.355. The molecule has 16 heavy (non-hydrogen) atoms. The van der Waals surface area contributed by atoms with Crippen LogP contribution in [0.1, 0.15) is 16.8 Å². The van der Waals surface area contributed by atoms with Gasteiger partial charge in [-0.2, -0.15) is 0 Å². The van der Waals surface area contributed by atoms with Gasteiger partial charge in [-0.1, -0.05) is 27.5 Å². The molecule has 0 aliphatic carbocycles. The van der Waals surface area contributed by atoms with Crippen molar-refractivity contribution < 1.29 is 13.2 Å². The number of carbonyl (C=O) groups excluding carboxylic acids is 1. The zero-order valence-electron chi connectivity index (χ0n) is 8.54. The van der Waals surface area contributed by atoms with Crippen molar-refractivity contribution in [2.24, 2.45) is 0 Å². The molecule has 0 aromatic heterocycles. The van der Waals surface area contributed by atoms with Crippen molar-refractivity contribution in [2.75, 3.05) is 12.0 Å². The van der Waals surface area contributed by atoms with Crippen LogP contribution in [0.4, 0.5) is 0 Å². The number of hydrogen-bond acceptors (Lipinski definition) is 3. The van der Waals surface area contributed by atoms with E-state index in [9.17, 15) is 13.2 Å². The smallest absolute Gasteiger partial charge is 0.165 e. The van der Waals surface area contributed by atoms with Crippen LogP contribution in [0.5, 0.6) is 0 Å². The van der Waals surface area contributed by atoms with Crippen molar-refractivity contribution in [1.29, 1.82) is 0 Å². The number of carbonyl (C=O) groups is 1. The Morgan fingerprint density at radius 3 is 2.56 bits per heavy atom. The Morgan fingerprint density at radius 2 is 2.06 bits per heavy atom. The van der Waals surface area contributed by atoms with Crippen molar-refractivity contribution in [3.8, 4) is 0 Å². The lowest BCUT2D eigenvalue weighted by molar-refractivity contribution is 0.0989. The van der Waals surface area contributed by atoms with Gasteiger partial charge in [-0.3, -0.25) is 4.79 Å². The lowest BCUT2D eigenvalue weighted by Crippen LogP contribution is -2.09. The highest BCUT2D eigenvalue weighted by Gasteiger charge is 2.13. The van der Waals surface area contributed by atoms with Crippen LogP contribution in [0.3, 0.4) is 0 Å². The number of ketones is 1. The van der Waals surface area contributed by atoms with Crippen molar-refractivity contribution >= 4 is 43.2 Å². The van der Waals surface area contributed by atoms with E-state index in [2.05, 4.69) is 15.9 Å². The molecule has 1 aromatic carbocycles. The van der Waals surface area contributed by atoms with Gasteiger partial charge in [-0.25, -0.2) is 8.42 Å². The normalized spacial score (nSPS) is 11.4. The van der Waals surface area contributed by atoms with Gasteiger partial charge in [0.1, 0.15) is 9.84 Å². The first-order valence-electron chi connectivity index (χ1n) is 4.45. The first kappa shape index (κ1) is 13.7. The minimum atomic E-state index is -3.12. The number of halogens is 2. The van der Waals surface area contributed by atoms with Crippen LogP contribution in [-0.4, -0.2) is 26.2 Å². The van der Waals surface area contributed by atoms with E-state index in [-0.39, 0.29) is 18.0 Å². The summed E-state index contributed by atoms with van der Waals surface area (Å²) in [5, 5.41) is 0.327. The van der Waals surface area contributed by atoms with E-state index in [0.29, 0.717) is 10.6 Å². The summed E-state index contributed by atoms with van der Waals surface area (Å²) >= 11 is 9.10. The molecule has 0 amide bonds. The molecule has 0 saturated heterocycles. The van der Waals surface area contributed by atoms with E-state index < -0.39 is 9.84 Å². The molecule has 0 fully saturated rings. The van der Waals surface area contributed by atoms with E-state index in [1.165, 1.54) is 0 Å². The molecular weight excluding hydrogens is 316 g/mol. The van der Waals surface area contributed by atoms with Crippen molar-refractivity contribution in [3.05, 3.63) is 33.3 Å². The summed E-state index contributed by atoms with van der Waals surface area (Å²) in [6.45, 7) is 0. The number of rotatable bonds is 4. The Balaban J connectivity index is 2.82. The van der Waals surface area contributed by atoms with Gasteiger partial charge in [0.05, 0.1) is 10.8 Å². The molecule has 0 atom stereocenters. The van der Waals surface area contributed by atoms with Crippen LogP contribution >= 0.6 is 27.5 Å². The summed E-state index contributed by atoms with van der Waals surface area (Å²) in [5.74, 6) is -0.416. The predicted molar refractivity (Wildman–Crippen MR) is 67.8 cm³/mol. The molecule has 88 valence electrons. The average molecular weight is 326 g/mol. The highest BCUT2D eigenvalue weighted by Crippen LogP contribution is 2.22. The molecular formula is C10H10BrClO3S. The van der Waals surface area contributed by atoms with Gasteiger partial charge >= 0.3 is 0 Å². The van der Waals surface area contributed by atoms with Crippen molar-refractivity contribution in [2.45, 2.75) is 6.42 Å². The Kier molecular flexibility index (Phi) is 4.52. The second-order valence-electron chi connectivity index (χ2n) is 3.43. The topological polar surface area (TPSA) is 51.2 Å². The van der Waals surface area contributed by atoms with E-state index in [1.54, 1.807) is 18.2 Å². The fourth-order valence-corrected chi connectivity index (χ4v) is 2.46. The predicted octanol–water partition coefficient (Wildman–Crippen LogP) is 2.72. The lowest BCUT2D eigenvalue weighted by Gasteiger charge is -2.03. The zero-order chi connectivity index (χ0) is 12.3. The quantitative estimate of drug-likeness (QED) is 0.800. The molecule has 0 saturated carbocycles. The van der Waals surface area contributed by atoms with Gasteiger partial charge in [0.25, 0.3) is 0 Å². The molecule has 0 unspecified atom stereocenters. The molecule has 0 spiro atoms. The third-order valence-corrected chi connectivity index (χ3v) is 3.68. The van der Waals surface area contributed by atoms with Gasteiger partial charge in [0, 0.05) is 22.7 Å². The number of sulfone groups is 1. The van der Waals surface area contributed by atoms with Crippen molar-refractivity contribution in [1.82, 2.24) is 0 Å². The summed E-state index contributed by atoms with van der Waals surface area (Å²) in [6, 6.07) is 4.88. The Morgan fingerprint density at radius 1 is 1.44 bits per heavy atom. The van der Waals surface area contributed by atoms with Gasteiger partial charge in [-0.05, 0) is 18.2 Å². The SMILES string of the molecule is CS(=O)(=O)CCC(=O)c1ccc(Br)cc1Cl. The maximum atomic E-state index is 11.7. The molecule has 6 heteroatoms. The van der Waals surface area contributed by atoms with Gasteiger partial charge in [-0.15, -0.1) is 0 Å². The summed E-state index contributed by atoms with van der Waals surface area (Å²) < 4.78 is 22.6. The average Bonchev–Trinajstić information content (AvgIpc) is 2.13. The van der Waals surface area contributed by atoms with Crippen molar-refractivity contribution in [3.63, 3.8) is 0 Å². The molecule has 0 aliphatic rings. The van der Waals surface area contributed by atoms with Crippen LogP contribution in [0.2, 0.25) is 5.02 Å². The number of Topliss-reactive ketones (excluding diaryl/α,β-unsaturated/α-hetero) is 1. The number of hydrogen-bond donors (Lipinski definition) is 0. The Hall–Kier alpha value is -0.390. The highest BCUT2D eigenvalue weighted by atomic mass is 79.9. The molecule has 0 aliphatic heterocycles. The summed E-state index contributed by atoms with van der Waals surface area (Å²) in [7, 11) is -3.12. The van der Waals surface area contributed by atoms with E-state index in [0.717, 1.165) is 10.7 Å². The molecule has 0 radical (unpaired) electrons. The first-order valence-corrected chi connectivity index (χ1v) is 7.69. The maximum absolute atomic E-state index is 11.7. The molecule has 1 aromatic rings. The third-order valence-electron chi connectivity index (χ3n) is 1.93. The Labute approximate surface area is 108 Å². The van der Waals surface area contributed by atoms with E-state index in [4.69, 9.17) is 11.6 Å². The van der Waals surface area contributed by atoms with Gasteiger partial charge in [0.2, 0.25) is 0 Å². The second-order valence-corrected chi connectivity index (χ2v) is 7.01. The fraction of sp³-hybridized carbons (Fsp3) is 0.300. The minimum Gasteiger partial charge on any atom is -0.294 e. The minimum absolute atomic E-state index is 0.0415. The van der Waals surface area contributed by atoms with Gasteiger partial charge in [0.15, 0.2) is 5.78 Å². The third kappa shape index (κ3) is 4.23. The van der Waals surface area contributed by atoms with Crippen LogP contribution in [0, 0.1) is 0 Å². The molecule has 0 heterocycles. The molecule has 3 nitrogen and oxygen atoms in total. The van der Waals surface area contributed by atoms with Crippen LogP contribution in [0.25, 0.3) is 0 Å². The summed E-state index contributed by atoms with van der Waals surface area (Å²) in [4.78, 5) is 11.7. The van der Waals surface area contributed by atoms with Crippen LogP contribution in [-0.2, 0) is 9.84 Å². The van der Waals surface area contributed by atoms with E-state index >= 15 is 0 Å². The monoisotopic (exact) mass is 324 g/mol. The van der Waals surface area contributed by atoms with Crippen LogP contribution in [0.15, 0.2) is 22.7 Å². The number of benzene rings is 1. The van der Waals surface area contributed by atoms with E-state index in [1.807, 2.05) is 0 Å². The zero-order valence-corrected chi connectivity index (χ0v) is 11.7. The van der Waals surface area contributed by atoms with Crippen LogP contribution < -0.4 is 0 Å². The largest absolute Gasteiger partial charge is 0.294 e. The maximum Gasteiger partial charge on any atom is 0.165 e. The highest BCUT2D eigenvalue weighted by molar-refractivity contribution is 9.10. The molecule has 1 rings (SSSR count). The molecule has 0 bridgehead atoms. The van der Waals surface area contributed by atoms with Gasteiger partial charge < -0.3 is 0 Å². The molecule has 0 N–H and O–H groups in total. The second kappa shape index (κ2) is 5.29. The lowest BCUT2D eigenvalue weighted by atomic mass is 10.1. The first-order chi connectivity index (χ1) is 7.29. The fourth-order valence-electron chi connectivity index (χ4n) is 1.13. The standard InChI is InChI=1S/C10H10BrClO3S/c1-16(14,15)5-4-10(13)8-3-2-7(11)6-9(8)12/h2-3,6H,4-5H2,1H3. The Bertz CT molecular complexity index is 511.